The maximum absolute atomic E-state index is 5.29. The van der Waals surface area contributed by atoms with Gasteiger partial charge >= 0.3 is 0 Å². The van der Waals surface area contributed by atoms with E-state index in [0.29, 0.717) is 5.92 Å². The second kappa shape index (κ2) is 8.21. The number of hydrogen-bond acceptors (Lipinski definition) is 4. The van der Waals surface area contributed by atoms with Gasteiger partial charge in [-0.15, -0.1) is 11.3 Å². The summed E-state index contributed by atoms with van der Waals surface area (Å²) in [6.07, 6.45) is 0.0532. The topological polar surface area (TPSA) is 49.8 Å². The summed E-state index contributed by atoms with van der Waals surface area (Å²) in [5.41, 5.74) is 1.05. The molecular formula is C14H26N4OS. The summed E-state index contributed by atoms with van der Waals surface area (Å²) in [6.45, 7) is 8.03. The Morgan fingerprint density at radius 3 is 2.75 bits per heavy atom. The van der Waals surface area contributed by atoms with Crippen LogP contribution >= 0.6 is 11.3 Å². The molecule has 114 valence electrons. The number of methoxy groups -OCH3 is 1. The van der Waals surface area contributed by atoms with Crippen molar-refractivity contribution in [2.45, 2.75) is 33.4 Å². The van der Waals surface area contributed by atoms with Crippen molar-refractivity contribution in [2.24, 2.45) is 10.9 Å². The third-order valence-corrected chi connectivity index (χ3v) is 3.97. The molecule has 0 aromatic carbocycles. The maximum Gasteiger partial charge on any atom is 0.193 e. The molecule has 0 amide bonds. The highest BCUT2D eigenvalue weighted by atomic mass is 32.1. The molecule has 1 heterocycles. The number of rotatable bonds is 6. The monoisotopic (exact) mass is 298 g/mol. The number of ether oxygens (including phenoxy) is 1. The number of hydrogen-bond donors (Lipinski definition) is 1. The number of nitrogens with zero attached hydrogens (tertiary/aromatic N) is 3. The van der Waals surface area contributed by atoms with Crippen LogP contribution in [0.1, 0.15) is 37.6 Å². The Bertz CT molecular complexity index is 431. The van der Waals surface area contributed by atoms with Gasteiger partial charge in [-0.1, -0.05) is 13.8 Å². The highest BCUT2D eigenvalue weighted by Crippen LogP contribution is 2.20. The summed E-state index contributed by atoms with van der Waals surface area (Å²) in [5.74, 6) is 1.49. The van der Waals surface area contributed by atoms with E-state index >= 15 is 0 Å². The molecule has 1 aromatic heterocycles. The first-order valence-corrected chi connectivity index (χ1v) is 7.74. The number of nitrogens with one attached hydrogen (secondary N) is 1. The van der Waals surface area contributed by atoms with E-state index in [1.807, 2.05) is 14.0 Å². The second-order valence-electron chi connectivity index (χ2n) is 5.23. The molecule has 5 nitrogen and oxygen atoms in total. The largest absolute Gasteiger partial charge is 0.375 e. The first-order valence-electron chi connectivity index (χ1n) is 6.86. The summed E-state index contributed by atoms with van der Waals surface area (Å²) in [4.78, 5) is 11.0. The smallest absolute Gasteiger partial charge is 0.193 e. The number of aliphatic imine (C=N–C) groups is 1. The molecule has 0 bridgehead atoms. The molecule has 20 heavy (non-hydrogen) atoms. The van der Waals surface area contributed by atoms with Gasteiger partial charge in [0.2, 0.25) is 0 Å². The van der Waals surface area contributed by atoms with Crippen molar-refractivity contribution in [3.05, 3.63) is 16.1 Å². The van der Waals surface area contributed by atoms with Crippen molar-refractivity contribution in [3.8, 4) is 0 Å². The molecule has 0 spiro atoms. The third kappa shape index (κ3) is 5.09. The van der Waals surface area contributed by atoms with Gasteiger partial charge in [-0.3, -0.25) is 4.99 Å². The van der Waals surface area contributed by atoms with Crippen LogP contribution in [0.15, 0.2) is 10.4 Å². The molecule has 1 unspecified atom stereocenters. The van der Waals surface area contributed by atoms with Crippen molar-refractivity contribution >= 4 is 17.3 Å². The predicted octanol–water partition coefficient (Wildman–Crippen LogP) is 2.51. The van der Waals surface area contributed by atoms with Crippen LogP contribution < -0.4 is 5.32 Å². The lowest BCUT2D eigenvalue weighted by Gasteiger charge is -2.22. The lowest BCUT2D eigenvalue weighted by atomic mass is 10.2. The van der Waals surface area contributed by atoms with Gasteiger partial charge in [-0.25, -0.2) is 4.98 Å². The van der Waals surface area contributed by atoms with Gasteiger partial charge in [-0.05, 0) is 12.8 Å². The molecule has 6 heteroatoms. The standard InChI is InChI=1S/C14H26N4OS/c1-10(2)7-16-14(15-4)18(5)8-12-9-20-13(17-12)11(3)19-6/h9-11H,7-8H2,1-6H3,(H,15,16). The Labute approximate surface area is 126 Å². The number of thiazole rings is 1. The van der Waals surface area contributed by atoms with Crippen molar-refractivity contribution in [1.29, 1.82) is 0 Å². The van der Waals surface area contributed by atoms with Crippen LogP contribution in [0.5, 0.6) is 0 Å². The molecular weight excluding hydrogens is 272 g/mol. The molecule has 1 N–H and O–H groups in total. The van der Waals surface area contributed by atoms with Gasteiger partial charge in [-0.2, -0.15) is 0 Å². The minimum absolute atomic E-state index is 0.0532. The van der Waals surface area contributed by atoms with Crippen molar-refractivity contribution in [3.63, 3.8) is 0 Å². The SMILES string of the molecule is CN=C(NCC(C)C)N(C)Cc1csc(C(C)OC)n1. The van der Waals surface area contributed by atoms with E-state index in [1.165, 1.54) is 0 Å². The fourth-order valence-electron chi connectivity index (χ4n) is 1.68. The van der Waals surface area contributed by atoms with Crippen LogP contribution in [0.25, 0.3) is 0 Å². The number of aromatic nitrogens is 1. The van der Waals surface area contributed by atoms with Crippen molar-refractivity contribution < 1.29 is 4.74 Å². The van der Waals surface area contributed by atoms with Gasteiger partial charge in [0.15, 0.2) is 5.96 Å². The lowest BCUT2D eigenvalue weighted by Crippen LogP contribution is -2.40. The first-order chi connectivity index (χ1) is 9.47. The Morgan fingerprint density at radius 2 is 2.20 bits per heavy atom. The van der Waals surface area contributed by atoms with Gasteiger partial charge in [0, 0.05) is 33.1 Å². The molecule has 1 rings (SSSR count). The molecule has 0 saturated carbocycles. The summed E-state index contributed by atoms with van der Waals surface area (Å²) < 4.78 is 5.29. The molecule has 1 aromatic rings. The van der Waals surface area contributed by atoms with Crippen molar-refractivity contribution in [2.75, 3.05) is 27.7 Å². The van der Waals surface area contributed by atoms with E-state index in [2.05, 4.69) is 39.4 Å². The summed E-state index contributed by atoms with van der Waals surface area (Å²) in [6, 6.07) is 0. The van der Waals surface area contributed by atoms with Gasteiger partial charge in [0.25, 0.3) is 0 Å². The number of guanidine groups is 1. The van der Waals surface area contributed by atoms with E-state index in [-0.39, 0.29) is 6.10 Å². The zero-order chi connectivity index (χ0) is 15.1. The Morgan fingerprint density at radius 1 is 1.50 bits per heavy atom. The summed E-state index contributed by atoms with van der Waals surface area (Å²) in [7, 11) is 5.53. The zero-order valence-electron chi connectivity index (χ0n) is 13.3. The molecule has 0 radical (unpaired) electrons. The normalized spacial score (nSPS) is 13.7. The van der Waals surface area contributed by atoms with Crippen LogP contribution in [0.2, 0.25) is 0 Å². The van der Waals surface area contributed by atoms with E-state index in [9.17, 15) is 0 Å². The minimum Gasteiger partial charge on any atom is -0.375 e. The van der Waals surface area contributed by atoms with Gasteiger partial charge < -0.3 is 15.0 Å². The quantitative estimate of drug-likeness (QED) is 0.647. The van der Waals surface area contributed by atoms with E-state index in [1.54, 1.807) is 25.5 Å². The van der Waals surface area contributed by atoms with E-state index < -0.39 is 0 Å². The van der Waals surface area contributed by atoms with Crippen LogP contribution in [0, 0.1) is 5.92 Å². The Balaban J connectivity index is 2.60. The lowest BCUT2D eigenvalue weighted by molar-refractivity contribution is 0.119. The fourth-order valence-corrected chi connectivity index (χ4v) is 2.52. The highest BCUT2D eigenvalue weighted by Gasteiger charge is 2.12. The van der Waals surface area contributed by atoms with E-state index in [0.717, 1.165) is 29.8 Å². The summed E-state index contributed by atoms with van der Waals surface area (Å²) >= 11 is 1.64. The highest BCUT2D eigenvalue weighted by molar-refractivity contribution is 7.09. The Hall–Kier alpha value is -1.14. The maximum atomic E-state index is 5.29. The van der Waals surface area contributed by atoms with Gasteiger partial charge in [0.05, 0.1) is 12.2 Å². The molecule has 0 aliphatic rings. The predicted molar refractivity (Wildman–Crippen MR) is 85.2 cm³/mol. The van der Waals surface area contributed by atoms with Gasteiger partial charge in [0.1, 0.15) is 11.1 Å². The molecule has 0 aliphatic heterocycles. The molecule has 0 aliphatic carbocycles. The van der Waals surface area contributed by atoms with Crippen molar-refractivity contribution in [1.82, 2.24) is 15.2 Å². The van der Waals surface area contributed by atoms with Crippen LogP contribution in [0.3, 0.4) is 0 Å². The minimum atomic E-state index is 0.0532. The third-order valence-electron chi connectivity index (χ3n) is 2.91. The van der Waals surface area contributed by atoms with E-state index in [4.69, 9.17) is 4.74 Å². The van der Waals surface area contributed by atoms with Crippen LogP contribution in [-0.2, 0) is 11.3 Å². The molecule has 0 saturated heterocycles. The molecule has 0 fully saturated rings. The zero-order valence-corrected chi connectivity index (χ0v) is 14.1. The summed E-state index contributed by atoms with van der Waals surface area (Å²) in [5, 5.41) is 6.45. The average molecular weight is 298 g/mol. The average Bonchev–Trinajstić information content (AvgIpc) is 2.86. The molecule has 1 atom stereocenters. The Kier molecular flexibility index (Phi) is 6.95. The fraction of sp³-hybridized carbons (Fsp3) is 0.714. The second-order valence-corrected chi connectivity index (χ2v) is 6.12. The first kappa shape index (κ1) is 16.9. The van der Waals surface area contributed by atoms with Crippen LogP contribution in [-0.4, -0.2) is 43.6 Å². The van der Waals surface area contributed by atoms with Crippen LogP contribution in [0.4, 0.5) is 0 Å².